The highest BCUT2D eigenvalue weighted by atomic mass is 35.5. The normalized spacial score (nSPS) is 19.7. The number of aromatic hydroxyl groups is 1. The summed E-state index contributed by atoms with van der Waals surface area (Å²) in [5.74, 6) is -1.32. The Labute approximate surface area is 194 Å². The van der Waals surface area contributed by atoms with Crippen LogP contribution in [-0.2, 0) is 4.57 Å². The number of phenolic OH excluding ortho intramolecular Hbond substituents is 1. The van der Waals surface area contributed by atoms with Crippen LogP contribution in [0.25, 0.3) is 22.3 Å². The van der Waals surface area contributed by atoms with Gasteiger partial charge in [-0.25, -0.2) is 4.57 Å². The fraction of sp³-hybridized carbons (Fsp3) is 0.286. The van der Waals surface area contributed by atoms with Gasteiger partial charge in [0, 0.05) is 29.7 Å². The quantitative estimate of drug-likeness (QED) is 0.313. The van der Waals surface area contributed by atoms with Crippen LogP contribution in [0.15, 0.2) is 39.5 Å². The van der Waals surface area contributed by atoms with Gasteiger partial charge in [-0.15, -0.1) is 0 Å². The van der Waals surface area contributed by atoms with Gasteiger partial charge in [0.25, 0.3) is 0 Å². The molecule has 174 valence electrons. The molecule has 2 atom stereocenters. The molecule has 1 aromatic heterocycles. The third-order valence-electron chi connectivity index (χ3n) is 5.88. The van der Waals surface area contributed by atoms with E-state index in [4.69, 9.17) is 20.5 Å². The molecule has 0 radical (unpaired) electrons. The summed E-state index contributed by atoms with van der Waals surface area (Å²) in [7, 11) is -1.84. The van der Waals surface area contributed by atoms with Gasteiger partial charge in [0.05, 0.1) is 11.1 Å². The minimum Gasteiger partial charge on any atom is -0.508 e. The Bertz CT molecular complexity index is 1340. The number of phenols is 1. The van der Waals surface area contributed by atoms with Crippen molar-refractivity contribution in [1.29, 1.82) is 0 Å². The van der Waals surface area contributed by atoms with Crippen molar-refractivity contribution in [3.05, 3.63) is 51.1 Å². The number of aliphatic hydroxyl groups excluding tert-OH is 1. The predicted octanol–water partition coefficient (Wildman–Crippen LogP) is 1.33. The van der Waals surface area contributed by atoms with Crippen LogP contribution in [0.4, 0.5) is 0 Å². The first-order valence-electron chi connectivity index (χ1n) is 10.2. The average Bonchev–Trinajstić information content (AvgIpc) is 2.72. The Balaban J connectivity index is 2.08. The summed E-state index contributed by atoms with van der Waals surface area (Å²) in [6, 6.07) is 7.85. The molecule has 0 saturated carbocycles. The molecule has 1 saturated heterocycles. The molecule has 0 bridgehead atoms. The van der Waals surface area contributed by atoms with E-state index in [2.05, 4.69) is 0 Å². The zero-order chi connectivity index (χ0) is 24.1. The van der Waals surface area contributed by atoms with Gasteiger partial charge in [-0.05, 0) is 37.6 Å². The molecule has 4 rings (SSSR count). The molecule has 1 aliphatic heterocycles. The van der Waals surface area contributed by atoms with Crippen molar-refractivity contribution in [2.24, 2.45) is 0 Å². The summed E-state index contributed by atoms with van der Waals surface area (Å²) in [5, 5.41) is 21.9. The van der Waals surface area contributed by atoms with E-state index in [9.17, 15) is 29.4 Å². The van der Waals surface area contributed by atoms with E-state index in [0.717, 1.165) is 6.07 Å². The molecule has 33 heavy (non-hydrogen) atoms. The molecule has 12 heteroatoms. The van der Waals surface area contributed by atoms with Crippen molar-refractivity contribution < 1.29 is 33.5 Å². The van der Waals surface area contributed by atoms with Crippen LogP contribution in [0.1, 0.15) is 17.9 Å². The molecule has 0 aliphatic carbocycles. The Morgan fingerprint density at radius 1 is 1.30 bits per heavy atom. The lowest BCUT2D eigenvalue weighted by molar-refractivity contribution is 0.0631. The molecular formula is C21H22BClNO8P. The Morgan fingerprint density at radius 3 is 2.64 bits per heavy atom. The molecule has 2 aromatic carbocycles. The molecule has 1 fully saturated rings. The minimum atomic E-state index is -5.07. The maximum Gasteiger partial charge on any atom is 0.524 e. The average molecular weight is 494 g/mol. The van der Waals surface area contributed by atoms with E-state index in [0.29, 0.717) is 30.1 Å². The lowest BCUT2D eigenvalue weighted by atomic mass is 9.80. The summed E-state index contributed by atoms with van der Waals surface area (Å²) in [6.07, 6.45) is -0.418. The van der Waals surface area contributed by atoms with Crippen LogP contribution in [0, 0.1) is 0 Å². The third kappa shape index (κ3) is 4.55. The van der Waals surface area contributed by atoms with Gasteiger partial charge in [0.15, 0.2) is 5.43 Å². The maximum absolute atomic E-state index is 13.2. The fourth-order valence-electron chi connectivity index (χ4n) is 4.30. The summed E-state index contributed by atoms with van der Waals surface area (Å²) in [4.78, 5) is 34.0. The van der Waals surface area contributed by atoms with E-state index in [1.807, 2.05) is 11.9 Å². The van der Waals surface area contributed by atoms with Gasteiger partial charge in [-0.2, -0.15) is 0 Å². The van der Waals surface area contributed by atoms with Gasteiger partial charge in [-0.1, -0.05) is 23.7 Å². The summed E-state index contributed by atoms with van der Waals surface area (Å²) < 4.78 is 22.5. The van der Waals surface area contributed by atoms with E-state index in [1.54, 1.807) is 24.3 Å². The zero-order valence-corrected chi connectivity index (χ0v) is 19.5. The van der Waals surface area contributed by atoms with Crippen molar-refractivity contribution in [3.8, 4) is 22.8 Å². The first kappa shape index (κ1) is 23.8. The number of β-amino-alcohol motifs (C(OH)–C–C–N with tert-alkyl or cyclic N) is 1. The van der Waals surface area contributed by atoms with Crippen LogP contribution in [0.5, 0.6) is 11.5 Å². The summed E-state index contributed by atoms with van der Waals surface area (Å²) in [5.41, 5.74) is -0.179. The smallest absolute Gasteiger partial charge is 0.508 e. The molecule has 2 unspecified atom stereocenters. The number of hydrogen-bond acceptors (Lipinski definition) is 7. The van der Waals surface area contributed by atoms with Crippen molar-refractivity contribution in [2.45, 2.75) is 18.4 Å². The lowest BCUT2D eigenvalue weighted by Gasteiger charge is -2.34. The SMILES string of the molecule is Bc1c(O)c(C2CCN(C)CC2O)c2oc(-c3ccccc3Cl)cc(=O)c2c1OP(=O)(O)O. The summed E-state index contributed by atoms with van der Waals surface area (Å²) >= 11 is 6.28. The lowest BCUT2D eigenvalue weighted by Crippen LogP contribution is -2.40. The van der Waals surface area contributed by atoms with E-state index >= 15 is 0 Å². The maximum atomic E-state index is 13.2. The van der Waals surface area contributed by atoms with Gasteiger partial charge >= 0.3 is 7.82 Å². The Morgan fingerprint density at radius 2 is 2.00 bits per heavy atom. The van der Waals surface area contributed by atoms with Crippen LogP contribution < -0.4 is 15.4 Å². The van der Waals surface area contributed by atoms with Gasteiger partial charge in [0.1, 0.15) is 36.1 Å². The number of aliphatic hydroxyl groups is 1. The molecular weight excluding hydrogens is 471 g/mol. The number of piperidine rings is 1. The van der Waals surface area contributed by atoms with E-state index in [1.165, 1.54) is 7.85 Å². The number of benzene rings is 2. The largest absolute Gasteiger partial charge is 0.524 e. The first-order valence-corrected chi connectivity index (χ1v) is 12.1. The summed E-state index contributed by atoms with van der Waals surface area (Å²) in [6.45, 7) is 0.955. The fourth-order valence-corrected chi connectivity index (χ4v) is 4.99. The predicted molar refractivity (Wildman–Crippen MR) is 126 cm³/mol. The van der Waals surface area contributed by atoms with Gasteiger partial charge in [0.2, 0.25) is 0 Å². The number of likely N-dealkylation sites (tertiary alicyclic amines) is 1. The second-order valence-electron chi connectivity index (χ2n) is 8.18. The van der Waals surface area contributed by atoms with Gasteiger partial charge < -0.3 is 24.1 Å². The second-order valence-corrected chi connectivity index (χ2v) is 9.75. The van der Waals surface area contributed by atoms with Crippen molar-refractivity contribution in [2.75, 3.05) is 20.1 Å². The van der Waals surface area contributed by atoms with Crippen LogP contribution in [0.3, 0.4) is 0 Å². The van der Waals surface area contributed by atoms with Crippen molar-refractivity contribution in [1.82, 2.24) is 4.90 Å². The molecule has 1 aliphatic rings. The molecule has 3 aromatic rings. The zero-order valence-electron chi connectivity index (χ0n) is 17.9. The molecule has 0 spiro atoms. The van der Waals surface area contributed by atoms with E-state index in [-0.39, 0.29) is 33.5 Å². The van der Waals surface area contributed by atoms with Crippen LogP contribution >= 0.6 is 19.4 Å². The monoisotopic (exact) mass is 493 g/mol. The second kappa shape index (κ2) is 8.79. The number of phosphoric acid groups is 1. The number of phosphoric ester groups is 1. The first-order chi connectivity index (χ1) is 15.5. The number of halogens is 1. The molecule has 2 heterocycles. The number of nitrogens with zero attached hydrogens (tertiary/aromatic N) is 1. The van der Waals surface area contributed by atoms with Crippen molar-refractivity contribution in [3.63, 3.8) is 0 Å². The Kier molecular flexibility index (Phi) is 6.35. The third-order valence-corrected chi connectivity index (χ3v) is 6.63. The number of fused-ring (bicyclic) bond motifs is 1. The van der Waals surface area contributed by atoms with Crippen LogP contribution in [0.2, 0.25) is 5.02 Å². The minimum absolute atomic E-state index is 0.0373. The van der Waals surface area contributed by atoms with Crippen LogP contribution in [-0.4, -0.2) is 59.0 Å². The molecule has 0 amide bonds. The van der Waals surface area contributed by atoms with Crippen molar-refractivity contribution >= 4 is 43.7 Å². The highest BCUT2D eigenvalue weighted by Gasteiger charge is 2.35. The highest BCUT2D eigenvalue weighted by molar-refractivity contribution is 7.46. The standard InChI is InChI=1S/C21H22BClNO8P/c1-24-7-6-11(14(26)9-24)16-19(27)18(22)21(32-33(28,29)30)17-13(25)8-15(31-20(16)17)10-4-2-3-5-12(10)23/h2-5,8,11,14,26-27H,6-7,9,22H2,1H3,(H2,28,29,30). The number of likely N-dealkylation sites (N-methyl/N-ethyl adjacent to an activating group) is 1. The molecule has 9 nitrogen and oxygen atoms in total. The number of hydrogen-bond donors (Lipinski definition) is 4. The number of rotatable bonds is 4. The van der Waals surface area contributed by atoms with Gasteiger partial charge in [-0.3, -0.25) is 14.6 Å². The topological polar surface area (TPSA) is 141 Å². The molecule has 4 N–H and O–H groups in total. The Hall–Kier alpha value is -2.33. The highest BCUT2D eigenvalue weighted by Crippen LogP contribution is 2.45. The van der Waals surface area contributed by atoms with E-state index < -0.39 is 31.0 Å².